The summed E-state index contributed by atoms with van der Waals surface area (Å²) in [5.74, 6) is -0.773. The van der Waals surface area contributed by atoms with E-state index in [0.29, 0.717) is 25.9 Å². The average Bonchev–Trinajstić information content (AvgIpc) is 2.39. The monoisotopic (exact) mass is 249 g/mol. The summed E-state index contributed by atoms with van der Waals surface area (Å²) in [4.78, 5) is 13.5. The van der Waals surface area contributed by atoms with Gasteiger partial charge in [0.25, 0.3) is 0 Å². The fraction of sp³-hybridized carbons (Fsp3) is 0.462. The smallest absolute Gasteiger partial charge is 0.324 e. The van der Waals surface area contributed by atoms with Gasteiger partial charge in [-0.1, -0.05) is 12.1 Å². The number of rotatable bonds is 3. The summed E-state index contributed by atoms with van der Waals surface area (Å²) in [6, 6.07) is 7.69. The van der Waals surface area contributed by atoms with Crippen molar-refractivity contribution in [2.75, 3.05) is 30.8 Å². The second-order valence-electron chi connectivity index (χ2n) is 4.68. The van der Waals surface area contributed by atoms with Crippen molar-refractivity contribution in [3.05, 3.63) is 24.3 Å². The molecule has 98 valence electrons. The minimum atomic E-state index is -0.792. The van der Waals surface area contributed by atoms with Crippen molar-refractivity contribution in [2.24, 2.45) is 0 Å². The van der Waals surface area contributed by atoms with Gasteiger partial charge in [0.1, 0.15) is 5.54 Å². The minimum absolute atomic E-state index is 0.577. The van der Waals surface area contributed by atoms with Crippen LogP contribution < -0.4 is 16.0 Å². The molecule has 1 saturated heterocycles. The molecule has 1 fully saturated rings. The standard InChI is InChI=1S/C13H19N3O2/c1-15-13(12(17)18)6-8-16(9-7-13)11-5-3-2-4-10(11)14/h2-5,15H,6-9,14H2,1H3,(H,17,18). The van der Waals surface area contributed by atoms with Crippen LogP contribution in [0.3, 0.4) is 0 Å². The Labute approximate surface area is 107 Å². The highest BCUT2D eigenvalue weighted by Crippen LogP contribution is 2.29. The summed E-state index contributed by atoms with van der Waals surface area (Å²) in [7, 11) is 1.71. The second-order valence-corrected chi connectivity index (χ2v) is 4.68. The number of anilines is 2. The summed E-state index contributed by atoms with van der Waals surface area (Å²) < 4.78 is 0. The second kappa shape index (κ2) is 4.86. The highest BCUT2D eigenvalue weighted by molar-refractivity contribution is 5.79. The van der Waals surface area contributed by atoms with Crippen molar-refractivity contribution in [1.82, 2.24) is 5.32 Å². The number of likely N-dealkylation sites (N-methyl/N-ethyl adjacent to an activating group) is 1. The maximum atomic E-state index is 11.3. The van der Waals surface area contributed by atoms with E-state index < -0.39 is 11.5 Å². The maximum absolute atomic E-state index is 11.3. The summed E-state index contributed by atoms with van der Waals surface area (Å²) in [5, 5.41) is 12.2. The molecule has 18 heavy (non-hydrogen) atoms. The lowest BCUT2D eigenvalue weighted by Gasteiger charge is -2.40. The summed E-state index contributed by atoms with van der Waals surface area (Å²) in [6.45, 7) is 1.39. The van der Waals surface area contributed by atoms with Gasteiger partial charge < -0.3 is 21.1 Å². The predicted octanol–water partition coefficient (Wildman–Crippen LogP) is 0.912. The molecule has 0 saturated carbocycles. The molecule has 0 aromatic heterocycles. The number of carboxylic acid groups (broad SMARTS) is 1. The maximum Gasteiger partial charge on any atom is 0.324 e. The number of carbonyl (C=O) groups is 1. The molecule has 0 bridgehead atoms. The first kappa shape index (κ1) is 12.7. The van der Waals surface area contributed by atoms with Crippen LogP contribution in [0.2, 0.25) is 0 Å². The highest BCUT2D eigenvalue weighted by atomic mass is 16.4. The molecule has 0 aliphatic carbocycles. The molecule has 1 aliphatic heterocycles. The van der Waals surface area contributed by atoms with Crippen molar-refractivity contribution in [1.29, 1.82) is 0 Å². The third-order valence-corrected chi connectivity index (χ3v) is 3.78. The highest BCUT2D eigenvalue weighted by Gasteiger charge is 2.40. The van der Waals surface area contributed by atoms with Crippen LogP contribution >= 0.6 is 0 Å². The molecule has 2 rings (SSSR count). The van der Waals surface area contributed by atoms with E-state index >= 15 is 0 Å². The van der Waals surface area contributed by atoms with E-state index in [1.165, 1.54) is 0 Å². The summed E-state index contributed by atoms with van der Waals surface area (Å²) >= 11 is 0. The number of hydrogen-bond acceptors (Lipinski definition) is 4. The van der Waals surface area contributed by atoms with E-state index in [2.05, 4.69) is 10.2 Å². The lowest BCUT2D eigenvalue weighted by atomic mass is 9.87. The number of hydrogen-bond donors (Lipinski definition) is 3. The van der Waals surface area contributed by atoms with Crippen molar-refractivity contribution >= 4 is 17.3 Å². The topological polar surface area (TPSA) is 78.6 Å². The zero-order valence-electron chi connectivity index (χ0n) is 10.5. The van der Waals surface area contributed by atoms with E-state index in [4.69, 9.17) is 5.73 Å². The summed E-state index contributed by atoms with van der Waals surface area (Å²) in [6.07, 6.45) is 1.15. The molecule has 5 heteroatoms. The van der Waals surface area contributed by atoms with Crippen molar-refractivity contribution in [2.45, 2.75) is 18.4 Å². The minimum Gasteiger partial charge on any atom is -0.480 e. The number of nitrogens with one attached hydrogen (secondary N) is 1. The molecule has 5 nitrogen and oxygen atoms in total. The van der Waals surface area contributed by atoms with Crippen LogP contribution in [-0.4, -0.2) is 36.8 Å². The van der Waals surface area contributed by atoms with E-state index in [-0.39, 0.29) is 0 Å². The number of piperidine rings is 1. The van der Waals surface area contributed by atoms with Crippen LogP contribution in [0.15, 0.2) is 24.3 Å². The first-order chi connectivity index (χ1) is 8.59. The Hall–Kier alpha value is -1.75. The number of benzene rings is 1. The van der Waals surface area contributed by atoms with Crippen LogP contribution in [0.1, 0.15) is 12.8 Å². The Balaban J connectivity index is 2.11. The van der Waals surface area contributed by atoms with Crippen LogP contribution in [-0.2, 0) is 4.79 Å². The van der Waals surface area contributed by atoms with Gasteiger partial charge in [-0.15, -0.1) is 0 Å². The van der Waals surface area contributed by atoms with Crippen LogP contribution in [0, 0.1) is 0 Å². The molecule has 0 atom stereocenters. The fourth-order valence-electron chi connectivity index (χ4n) is 2.48. The third kappa shape index (κ3) is 2.13. The Morgan fingerprint density at radius 3 is 2.50 bits per heavy atom. The molecule has 0 unspecified atom stereocenters. The number of nitrogens with two attached hydrogens (primary N) is 1. The van der Waals surface area contributed by atoms with Gasteiger partial charge in [0.15, 0.2) is 0 Å². The Morgan fingerprint density at radius 2 is 2.00 bits per heavy atom. The largest absolute Gasteiger partial charge is 0.480 e. The van der Waals surface area contributed by atoms with Crippen LogP contribution in [0.4, 0.5) is 11.4 Å². The van der Waals surface area contributed by atoms with Gasteiger partial charge >= 0.3 is 5.97 Å². The van der Waals surface area contributed by atoms with Gasteiger partial charge in [-0.2, -0.15) is 0 Å². The quantitative estimate of drug-likeness (QED) is 0.694. The molecular formula is C13H19N3O2. The Bertz CT molecular complexity index is 440. The third-order valence-electron chi connectivity index (χ3n) is 3.78. The van der Waals surface area contributed by atoms with E-state index in [9.17, 15) is 9.90 Å². The molecule has 1 aliphatic rings. The van der Waals surface area contributed by atoms with Gasteiger partial charge in [0, 0.05) is 13.1 Å². The Morgan fingerprint density at radius 1 is 1.39 bits per heavy atom. The van der Waals surface area contributed by atoms with Crippen LogP contribution in [0.25, 0.3) is 0 Å². The number of nitrogens with zero attached hydrogens (tertiary/aromatic N) is 1. The van der Waals surface area contributed by atoms with Gasteiger partial charge in [0.2, 0.25) is 0 Å². The molecule has 1 aromatic carbocycles. The van der Waals surface area contributed by atoms with Gasteiger partial charge in [-0.05, 0) is 32.0 Å². The number of carboxylic acids is 1. The average molecular weight is 249 g/mol. The van der Waals surface area contributed by atoms with E-state index in [1.807, 2.05) is 24.3 Å². The fourth-order valence-corrected chi connectivity index (χ4v) is 2.48. The van der Waals surface area contributed by atoms with Gasteiger partial charge in [-0.25, -0.2) is 0 Å². The zero-order valence-corrected chi connectivity index (χ0v) is 10.5. The normalized spacial score (nSPS) is 18.6. The zero-order chi connectivity index (χ0) is 13.2. The molecule has 4 N–H and O–H groups in total. The van der Waals surface area contributed by atoms with Crippen molar-refractivity contribution < 1.29 is 9.90 Å². The number of para-hydroxylation sites is 2. The first-order valence-corrected chi connectivity index (χ1v) is 6.11. The van der Waals surface area contributed by atoms with Gasteiger partial charge in [0.05, 0.1) is 11.4 Å². The SMILES string of the molecule is CNC1(C(=O)O)CCN(c2ccccc2N)CC1. The molecular weight excluding hydrogens is 230 g/mol. The number of aliphatic carboxylic acids is 1. The lowest BCUT2D eigenvalue weighted by Crippen LogP contribution is -2.57. The van der Waals surface area contributed by atoms with Crippen molar-refractivity contribution in [3.63, 3.8) is 0 Å². The van der Waals surface area contributed by atoms with Crippen LogP contribution in [0.5, 0.6) is 0 Å². The van der Waals surface area contributed by atoms with Crippen molar-refractivity contribution in [3.8, 4) is 0 Å². The molecule has 0 spiro atoms. The first-order valence-electron chi connectivity index (χ1n) is 6.11. The number of nitrogen functional groups attached to an aromatic ring is 1. The molecule has 0 radical (unpaired) electrons. The molecule has 1 aromatic rings. The van der Waals surface area contributed by atoms with E-state index in [1.54, 1.807) is 7.05 Å². The molecule has 0 amide bonds. The predicted molar refractivity (Wildman–Crippen MR) is 71.7 cm³/mol. The van der Waals surface area contributed by atoms with E-state index in [0.717, 1.165) is 11.4 Å². The van der Waals surface area contributed by atoms with Gasteiger partial charge in [-0.3, -0.25) is 4.79 Å². The lowest BCUT2D eigenvalue weighted by molar-refractivity contribution is -0.145. The summed E-state index contributed by atoms with van der Waals surface area (Å²) in [5.41, 5.74) is 6.88. The Kier molecular flexibility index (Phi) is 3.43. The molecule has 1 heterocycles.